The lowest BCUT2D eigenvalue weighted by Gasteiger charge is -2.52. The van der Waals surface area contributed by atoms with E-state index in [0.717, 1.165) is 36.4 Å². The summed E-state index contributed by atoms with van der Waals surface area (Å²) in [4.78, 5) is 7.53. The van der Waals surface area contributed by atoms with Crippen molar-refractivity contribution in [1.29, 1.82) is 0 Å². The van der Waals surface area contributed by atoms with Gasteiger partial charge in [-0.15, -0.1) is 5.10 Å². The number of benzene rings is 1. The summed E-state index contributed by atoms with van der Waals surface area (Å²) >= 11 is 0. The van der Waals surface area contributed by atoms with Gasteiger partial charge in [-0.2, -0.15) is 0 Å². The molecular formula is C33H49N5O4SSi. The van der Waals surface area contributed by atoms with E-state index in [1.807, 2.05) is 4.52 Å². The molecule has 5 heterocycles. The van der Waals surface area contributed by atoms with Crippen molar-refractivity contribution in [3.8, 4) is 0 Å². The van der Waals surface area contributed by atoms with Gasteiger partial charge in [0, 0.05) is 43.0 Å². The first-order valence-corrected chi connectivity index (χ1v) is 20.5. The van der Waals surface area contributed by atoms with Crippen LogP contribution in [0.15, 0.2) is 42.6 Å². The van der Waals surface area contributed by atoms with Crippen LogP contribution in [0.4, 0.5) is 5.69 Å². The van der Waals surface area contributed by atoms with Crippen LogP contribution in [0.3, 0.4) is 0 Å². The van der Waals surface area contributed by atoms with Crippen LogP contribution in [0.2, 0.25) is 18.1 Å². The number of nitrogens with zero attached hydrogens (tertiary/aromatic N) is 4. The Labute approximate surface area is 263 Å². The molecule has 240 valence electrons. The smallest absolute Gasteiger partial charge is 0.211 e. The van der Waals surface area contributed by atoms with Crippen molar-refractivity contribution in [2.75, 3.05) is 43.5 Å². The third kappa shape index (κ3) is 5.22. The Morgan fingerprint density at radius 1 is 1.20 bits per heavy atom. The molecule has 1 aliphatic carbocycles. The lowest BCUT2D eigenvalue weighted by Crippen LogP contribution is -2.60. The minimum Gasteiger partial charge on any atom is -0.416 e. The van der Waals surface area contributed by atoms with Crippen molar-refractivity contribution in [1.82, 2.24) is 19.3 Å². The van der Waals surface area contributed by atoms with Crippen molar-refractivity contribution in [2.45, 2.75) is 83.5 Å². The fraction of sp³-hybridized carbons (Fsp3) is 0.636. The van der Waals surface area contributed by atoms with Gasteiger partial charge in [0.05, 0.1) is 24.2 Å². The minimum absolute atomic E-state index is 0.0500. The van der Waals surface area contributed by atoms with E-state index in [1.54, 1.807) is 6.92 Å². The van der Waals surface area contributed by atoms with E-state index in [0.29, 0.717) is 32.0 Å². The molecule has 44 heavy (non-hydrogen) atoms. The van der Waals surface area contributed by atoms with Crippen molar-refractivity contribution in [3.63, 3.8) is 0 Å². The molecule has 2 aromatic heterocycles. The molecule has 4 aliphatic rings. The zero-order valence-corrected chi connectivity index (χ0v) is 29.4. The maximum absolute atomic E-state index is 12.4. The quantitative estimate of drug-likeness (QED) is 0.297. The summed E-state index contributed by atoms with van der Waals surface area (Å²) < 4.78 is 43.0. The number of aromatic nitrogens is 3. The first-order chi connectivity index (χ1) is 20.5. The maximum atomic E-state index is 12.4. The van der Waals surface area contributed by atoms with Gasteiger partial charge in [0.2, 0.25) is 10.0 Å². The molecule has 1 N–H and O–H groups in total. The molecule has 3 aromatic rings. The summed E-state index contributed by atoms with van der Waals surface area (Å²) in [7, 11) is -5.40. The van der Waals surface area contributed by atoms with Crippen molar-refractivity contribution in [3.05, 3.63) is 59.5 Å². The van der Waals surface area contributed by atoms with Crippen LogP contribution < -0.4 is 9.62 Å². The molecular weight excluding hydrogens is 591 g/mol. The van der Waals surface area contributed by atoms with Crippen molar-refractivity contribution in [2.24, 2.45) is 11.3 Å². The number of pyridine rings is 1. The Hall–Kier alpha value is -2.31. The second-order valence-electron chi connectivity index (χ2n) is 15.2. The highest BCUT2D eigenvalue weighted by Gasteiger charge is 2.72. The summed E-state index contributed by atoms with van der Waals surface area (Å²) in [5.41, 5.74) is 3.47. The van der Waals surface area contributed by atoms with E-state index in [4.69, 9.17) is 19.2 Å². The average Bonchev–Trinajstić information content (AvgIpc) is 3.73. The summed E-state index contributed by atoms with van der Waals surface area (Å²) in [5.74, 6) is 0.673. The number of ether oxygens (including phenoxy) is 1. The highest BCUT2D eigenvalue weighted by molar-refractivity contribution is 7.89. The molecule has 3 saturated heterocycles. The van der Waals surface area contributed by atoms with Crippen LogP contribution in [0, 0.1) is 18.3 Å². The highest BCUT2D eigenvalue weighted by atomic mass is 32.2. The van der Waals surface area contributed by atoms with Gasteiger partial charge in [0.25, 0.3) is 0 Å². The van der Waals surface area contributed by atoms with Gasteiger partial charge in [-0.3, -0.25) is 0 Å². The molecule has 1 saturated carbocycles. The third-order valence-electron chi connectivity index (χ3n) is 11.3. The maximum Gasteiger partial charge on any atom is 0.211 e. The Morgan fingerprint density at radius 3 is 2.61 bits per heavy atom. The molecule has 7 rings (SSSR count). The minimum atomic E-state index is -3.34. The molecule has 3 unspecified atom stereocenters. The fourth-order valence-corrected chi connectivity index (χ4v) is 8.89. The van der Waals surface area contributed by atoms with Crippen molar-refractivity contribution < 1.29 is 17.6 Å². The molecule has 0 amide bonds. The number of fused-ring (bicyclic) bond motifs is 2. The lowest BCUT2D eigenvalue weighted by atomic mass is 9.53. The van der Waals surface area contributed by atoms with Gasteiger partial charge in [0.1, 0.15) is 5.60 Å². The molecule has 11 heteroatoms. The Morgan fingerprint density at radius 2 is 1.93 bits per heavy atom. The van der Waals surface area contributed by atoms with Gasteiger partial charge < -0.3 is 14.1 Å². The largest absolute Gasteiger partial charge is 0.416 e. The average molecular weight is 640 g/mol. The number of hydrogen-bond donors (Lipinski definition) is 1. The summed E-state index contributed by atoms with van der Waals surface area (Å²) in [6.07, 6.45) is 3.86. The standard InChI is InChI=1S/C33H49N5O4SSi/c1-9-43(39,40)34-21-32-20-33(41-23-32,27(32)19-42-44(7,8)30(3,4)5)29-35-28-24(2)17-26(18-38(28)36-29)37-16-15-31(6,22-37)25-13-11-10-12-14-25/h10-14,17-18,27,34H,9,15-16,19-23H2,1-8H3/t27?,31-,32?,33?/m0/s1. The van der Waals surface area contributed by atoms with E-state index in [-0.39, 0.29) is 27.5 Å². The first kappa shape index (κ1) is 31.7. The van der Waals surface area contributed by atoms with Gasteiger partial charge in [-0.1, -0.05) is 58.0 Å². The van der Waals surface area contributed by atoms with Gasteiger partial charge >= 0.3 is 0 Å². The monoisotopic (exact) mass is 639 g/mol. The highest BCUT2D eigenvalue weighted by Crippen LogP contribution is 2.66. The van der Waals surface area contributed by atoms with E-state index < -0.39 is 23.9 Å². The van der Waals surface area contributed by atoms with Crippen LogP contribution in [-0.4, -0.2) is 69.9 Å². The lowest BCUT2D eigenvalue weighted by molar-refractivity contribution is -0.111. The van der Waals surface area contributed by atoms with Crippen LogP contribution >= 0.6 is 0 Å². The number of anilines is 1. The van der Waals surface area contributed by atoms with Gasteiger partial charge in [0.15, 0.2) is 19.8 Å². The molecule has 3 aliphatic heterocycles. The molecule has 4 fully saturated rings. The van der Waals surface area contributed by atoms with E-state index in [1.165, 1.54) is 5.56 Å². The number of hydrogen-bond acceptors (Lipinski definition) is 7. The fourth-order valence-electron chi connectivity index (χ4n) is 7.16. The SMILES string of the molecule is CCS(=O)(=O)NCC12COC(c3nc4c(C)cc(N5CC[C@](C)(c6ccccc6)C5)cn4n3)(C1)C2CO[Si](C)(C)C(C)(C)C. The second-order valence-corrected chi connectivity index (χ2v) is 22.2. The number of nitrogens with one attached hydrogen (secondary N) is 1. The van der Waals surface area contributed by atoms with Crippen LogP contribution in [-0.2, 0) is 30.2 Å². The van der Waals surface area contributed by atoms with E-state index in [2.05, 4.69) is 99.9 Å². The summed E-state index contributed by atoms with van der Waals surface area (Å²) in [5, 5.41) is 5.12. The predicted molar refractivity (Wildman–Crippen MR) is 177 cm³/mol. The topological polar surface area (TPSA) is 98.1 Å². The zero-order chi connectivity index (χ0) is 31.8. The normalized spacial score (nSPS) is 29.0. The predicted octanol–water partition coefficient (Wildman–Crippen LogP) is 5.40. The summed E-state index contributed by atoms with van der Waals surface area (Å²) in [6, 6.07) is 13.0. The van der Waals surface area contributed by atoms with Crippen molar-refractivity contribution >= 4 is 29.7 Å². The van der Waals surface area contributed by atoms with E-state index in [9.17, 15) is 8.42 Å². The van der Waals surface area contributed by atoms with Crippen LogP contribution in [0.5, 0.6) is 0 Å². The molecule has 0 spiro atoms. The van der Waals surface area contributed by atoms with Gasteiger partial charge in [-0.05, 0) is 62.0 Å². The number of sulfonamides is 1. The summed E-state index contributed by atoms with van der Waals surface area (Å²) in [6.45, 7) is 20.5. The number of aryl methyl sites for hydroxylation is 1. The number of rotatable bonds is 10. The molecule has 4 atom stereocenters. The molecule has 2 bridgehead atoms. The van der Waals surface area contributed by atoms with Crippen LogP contribution in [0.25, 0.3) is 5.65 Å². The first-order valence-electron chi connectivity index (χ1n) is 16.0. The second kappa shape index (κ2) is 10.6. The molecule has 1 aromatic carbocycles. The van der Waals surface area contributed by atoms with Gasteiger partial charge in [-0.25, -0.2) is 22.6 Å². The molecule has 0 radical (unpaired) electrons. The molecule has 9 nitrogen and oxygen atoms in total. The Kier molecular flexibility index (Phi) is 7.64. The zero-order valence-electron chi connectivity index (χ0n) is 27.6. The van der Waals surface area contributed by atoms with Crippen LogP contribution in [0.1, 0.15) is 64.4 Å². The third-order valence-corrected chi connectivity index (χ3v) is 17.1. The Balaban J connectivity index is 1.29. The van der Waals surface area contributed by atoms with E-state index >= 15 is 0 Å². The Bertz CT molecular complexity index is 1660.